The van der Waals surface area contributed by atoms with Crippen molar-refractivity contribution in [3.8, 4) is 0 Å². The van der Waals surface area contributed by atoms with Gasteiger partial charge in [0.25, 0.3) is 0 Å². The Balaban J connectivity index is 2.98. The highest BCUT2D eigenvalue weighted by atomic mass is 16.5. The summed E-state index contributed by atoms with van der Waals surface area (Å²) < 4.78 is 4.82. The van der Waals surface area contributed by atoms with E-state index in [1.165, 1.54) is 5.01 Å². The molecule has 0 aromatic heterocycles. The molecule has 0 N–H and O–H groups in total. The summed E-state index contributed by atoms with van der Waals surface area (Å²) in [5, 5.41) is 3.77. The second kappa shape index (κ2) is 4.52. The van der Waals surface area contributed by atoms with Crippen molar-refractivity contribution in [3.05, 3.63) is 4.91 Å². The van der Waals surface area contributed by atoms with Gasteiger partial charge in [-0.05, 0) is 6.92 Å². The van der Waals surface area contributed by atoms with Gasteiger partial charge in [-0.25, -0.2) is 5.01 Å². The van der Waals surface area contributed by atoms with Crippen molar-refractivity contribution in [3.63, 3.8) is 0 Å². The van der Waals surface area contributed by atoms with E-state index in [-0.39, 0.29) is 6.73 Å². The van der Waals surface area contributed by atoms with Gasteiger partial charge in [0.2, 0.25) is 0 Å². The standard InChI is InChI=1S/C4H10N2O2/c1-3-8-4-6(2)5-7/h3-4H2,1-2H3. The van der Waals surface area contributed by atoms with E-state index in [1.54, 1.807) is 7.05 Å². The van der Waals surface area contributed by atoms with Crippen LogP contribution in [0.4, 0.5) is 0 Å². The van der Waals surface area contributed by atoms with Crippen molar-refractivity contribution in [2.45, 2.75) is 6.92 Å². The van der Waals surface area contributed by atoms with Crippen LogP contribution >= 0.6 is 0 Å². The van der Waals surface area contributed by atoms with Crippen LogP contribution in [-0.2, 0) is 4.74 Å². The van der Waals surface area contributed by atoms with E-state index in [1.807, 2.05) is 6.92 Å². The Morgan fingerprint density at radius 3 is 2.75 bits per heavy atom. The van der Waals surface area contributed by atoms with E-state index in [4.69, 9.17) is 4.74 Å². The van der Waals surface area contributed by atoms with Gasteiger partial charge in [-0.1, -0.05) is 0 Å². The Hall–Kier alpha value is -0.640. The molecule has 0 unspecified atom stereocenters. The third kappa shape index (κ3) is 3.55. The predicted octanol–water partition coefficient (Wildman–Crippen LogP) is 0.594. The van der Waals surface area contributed by atoms with E-state index in [2.05, 4.69) is 5.29 Å². The van der Waals surface area contributed by atoms with Crippen molar-refractivity contribution < 1.29 is 4.74 Å². The van der Waals surface area contributed by atoms with Crippen LogP contribution in [0.1, 0.15) is 6.92 Å². The summed E-state index contributed by atoms with van der Waals surface area (Å²) in [6.45, 7) is 2.75. The minimum Gasteiger partial charge on any atom is -0.360 e. The van der Waals surface area contributed by atoms with E-state index >= 15 is 0 Å². The van der Waals surface area contributed by atoms with Gasteiger partial charge >= 0.3 is 0 Å². The van der Waals surface area contributed by atoms with Gasteiger partial charge in [-0.15, -0.1) is 4.91 Å². The van der Waals surface area contributed by atoms with Gasteiger partial charge in [-0.2, -0.15) is 0 Å². The van der Waals surface area contributed by atoms with Crippen molar-refractivity contribution in [2.24, 2.45) is 5.29 Å². The van der Waals surface area contributed by atoms with E-state index in [9.17, 15) is 4.91 Å². The third-order valence-corrected chi connectivity index (χ3v) is 0.622. The topological polar surface area (TPSA) is 41.9 Å². The van der Waals surface area contributed by atoms with Crippen LogP contribution in [0.3, 0.4) is 0 Å². The largest absolute Gasteiger partial charge is 0.360 e. The molecule has 0 bridgehead atoms. The second-order valence-electron chi connectivity index (χ2n) is 1.36. The molecule has 0 aliphatic rings. The third-order valence-electron chi connectivity index (χ3n) is 0.622. The maximum absolute atomic E-state index is 9.61. The summed E-state index contributed by atoms with van der Waals surface area (Å²) in [6.07, 6.45) is 0. The molecule has 0 fully saturated rings. The zero-order chi connectivity index (χ0) is 6.41. The fourth-order valence-electron chi connectivity index (χ4n) is 0.247. The summed E-state index contributed by atoms with van der Waals surface area (Å²) in [5.41, 5.74) is 0. The number of nitroso groups, excluding NO2 is 1. The normalized spacial score (nSPS) is 8.75. The van der Waals surface area contributed by atoms with Crippen LogP contribution < -0.4 is 0 Å². The molecule has 48 valence electrons. The summed E-state index contributed by atoms with van der Waals surface area (Å²) in [7, 11) is 1.56. The van der Waals surface area contributed by atoms with E-state index in [0.29, 0.717) is 6.61 Å². The minimum absolute atomic E-state index is 0.278. The van der Waals surface area contributed by atoms with Gasteiger partial charge in [0, 0.05) is 13.7 Å². The first-order valence-electron chi connectivity index (χ1n) is 2.43. The molecular weight excluding hydrogens is 108 g/mol. The Kier molecular flexibility index (Phi) is 4.16. The first kappa shape index (κ1) is 7.36. The van der Waals surface area contributed by atoms with Crippen LogP contribution in [0.2, 0.25) is 0 Å². The number of hydrogen-bond donors (Lipinski definition) is 0. The lowest BCUT2D eigenvalue weighted by Gasteiger charge is -2.05. The molecule has 4 nitrogen and oxygen atoms in total. The molecule has 0 aliphatic heterocycles. The SMILES string of the molecule is CCOCN(C)N=O. The number of ether oxygens (including phenoxy) is 1. The smallest absolute Gasteiger partial charge is 0.137 e. The average molecular weight is 118 g/mol. The highest BCUT2D eigenvalue weighted by molar-refractivity contribution is 4.26. The molecule has 0 aromatic carbocycles. The Morgan fingerprint density at radius 1 is 1.75 bits per heavy atom. The van der Waals surface area contributed by atoms with E-state index < -0.39 is 0 Å². The summed E-state index contributed by atoms with van der Waals surface area (Å²) in [6, 6.07) is 0. The van der Waals surface area contributed by atoms with Crippen molar-refractivity contribution in [2.75, 3.05) is 20.4 Å². The molecule has 0 aromatic rings. The molecule has 0 radical (unpaired) electrons. The lowest BCUT2D eigenvalue weighted by molar-refractivity contribution is 0.0514. The number of nitrogens with zero attached hydrogens (tertiary/aromatic N) is 2. The first-order chi connectivity index (χ1) is 3.81. The number of hydrogen-bond acceptors (Lipinski definition) is 3. The van der Waals surface area contributed by atoms with Gasteiger partial charge in [0.15, 0.2) is 0 Å². The fraction of sp³-hybridized carbons (Fsp3) is 1.00. The van der Waals surface area contributed by atoms with Crippen LogP contribution in [0.5, 0.6) is 0 Å². The molecule has 0 rings (SSSR count). The molecule has 0 atom stereocenters. The summed E-state index contributed by atoms with van der Waals surface area (Å²) >= 11 is 0. The Labute approximate surface area is 48.4 Å². The van der Waals surface area contributed by atoms with Crippen LogP contribution in [0, 0.1) is 4.91 Å². The molecule has 0 amide bonds. The zero-order valence-corrected chi connectivity index (χ0v) is 5.13. The minimum atomic E-state index is 0.278. The monoisotopic (exact) mass is 118 g/mol. The molecule has 8 heavy (non-hydrogen) atoms. The van der Waals surface area contributed by atoms with Crippen molar-refractivity contribution in [1.82, 2.24) is 5.01 Å². The molecular formula is C4H10N2O2. The van der Waals surface area contributed by atoms with E-state index in [0.717, 1.165) is 0 Å². The quantitative estimate of drug-likeness (QED) is 0.308. The van der Waals surface area contributed by atoms with Gasteiger partial charge in [0.1, 0.15) is 6.73 Å². The highest BCUT2D eigenvalue weighted by Crippen LogP contribution is 1.81. The predicted molar refractivity (Wildman–Crippen MR) is 30.1 cm³/mol. The summed E-state index contributed by atoms with van der Waals surface area (Å²) in [5.74, 6) is 0. The molecule has 4 heteroatoms. The lowest BCUT2D eigenvalue weighted by atomic mass is 10.9. The lowest BCUT2D eigenvalue weighted by Crippen LogP contribution is -2.14. The van der Waals surface area contributed by atoms with Crippen molar-refractivity contribution >= 4 is 0 Å². The maximum atomic E-state index is 9.61. The summed E-state index contributed by atoms with van der Waals surface area (Å²) in [4.78, 5) is 9.61. The fourth-order valence-corrected chi connectivity index (χ4v) is 0.247. The van der Waals surface area contributed by atoms with Gasteiger partial charge < -0.3 is 4.74 Å². The highest BCUT2D eigenvalue weighted by Gasteiger charge is 1.88. The van der Waals surface area contributed by atoms with Crippen LogP contribution in [0.15, 0.2) is 5.29 Å². The molecule has 0 aliphatic carbocycles. The average Bonchev–Trinajstić information content (AvgIpc) is 1.83. The Morgan fingerprint density at radius 2 is 2.38 bits per heavy atom. The van der Waals surface area contributed by atoms with Gasteiger partial charge in [-0.3, -0.25) is 0 Å². The second-order valence-corrected chi connectivity index (χ2v) is 1.36. The molecule has 0 saturated carbocycles. The zero-order valence-electron chi connectivity index (χ0n) is 5.13. The Bertz CT molecular complexity index is 67.1. The maximum Gasteiger partial charge on any atom is 0.137 e. The van der Waals surface area contributed by atoms with Crippen LogP contribution in [-0.4, -0.2) is 25.4 Å². The number of rotatable bonds is 4. The molecule has 0 heterocycles. The molecule has 0 spiro atoms. The first-order valence-corrected chi connectivity index (χ1v) is 2.43. The van der Waals surface area contributed by atoms with Crippen LogP contribution in [0.25, 0.3) is 0 Å². The van der Waals surface area contributed by atoms with Crippen molar-refractivity contribution in [1.29, 1.82) is 0 Å². The molecule has 0 saturated heterocycles. The van der Waals surface area contributed by atoms with Gasteiger partial charge in [0.05, 0.1) is 5.29 Å².